The average molecular weight is 316 g/mol. The molecule has 2 aromatic carbocycles. The van der Waals surface area contributed by atoms with Crippen LogP contribution in [0.15, 0.2) is 30.3 Å². The SMILES string of the molecule is Cc1cc(OCc2c(C)cccc2C(=O)O)cc([N+](=O)[O-])c1N. The van der Waals surface area contributed by atoms with Crippen molar-refractivity contribution in [3.05, 3.63) is 62.7 Å². The summed E-state index contributed by atoms with van der Waals surface area (Å²) in [5, 5.41) is 20.2. The minimum Gasteiger partial charge on any atom is -0.489 e. The number of hydrogen-bond donors (Lipinski definition) is 2. The molecule has 0 heterocycles. The van der Waals surface area contributed by atoms with Crippen LogP contribution in [0.25, 0.3) is 0 Å². The van der Waals surface area contributed by atoms with Crippen molar-refractivity contribution >= 4 is 17.3 Å². The first kappa shape index (κ1) is 16.3. The van der Waals surface area contributed by atoms with Crippen LogP contribution in [-0.2, 0) is 6.61 Å². The molecule has 0 atom stereocenters. The van der Waals surface area contributed by atoms with Crippen molar-refractivity contribution in [2.75, 3.05) is 5.73 Å². The Bertz CT molecular complexity index is 786. The summed E-state index contributed by atoms with van der Waals surface area (Å²) >= 11 is 0. The second kappa shape index (κ2) is 6.35. The van der Waals surface area contributed by atoms with Crippen molar-refractivity contribution in [2.45, 2.75) is 20.5 Å². The number of benzene rings is 2. The van der Waals surface area contributed by atoms with E-state index in [0.29, 0.717) is 11.1 Å². The second-order valence-electron chi connectivity index (χ2n) is 5.12. The molecular weight excluding hydrogens is 300 g/mol. The lowest BCUT2D eigenvalue weighted by Crippen LogP contribution is -2.08. The van der Waals surface area contributed by atoms with E-state index in [4.69, 9.17) is 10.5 Å². The number of hydrogen-bond acceptors (Lipinski definition) is 5. The molecule has 120 valence electrons. The van der Waals surface area contributed by atoms with E-state index in [9.17, 15) is 20.0 Å². The molecule has 0 unspecified atom stereocenters. The molecule has 0 aliphatic rings. The summed E-state index contributed by atoms with van der Waals surface area (Å²) < 4.78 is 5.57. The van der Waals surface area contributed by atoms with Crippen molar-refractivity contribution in [3.63, 3.8) is 0 Å². The van der Waals surface area contributed by atoms with E-state index in [2.05, 4.69) is 0 Å². The predicted molar refractivity (Wildman–Crippen MR) is 84.7 cm³/mol. The molecule has 7 heteroatoms. The number of nitro benzene ring substituents is 1. The van der Waals surface area contributed by atoms with Crippen LogP contribution in [0.4, 0.5) is 11.4 Å². The molecule has 0 saturated carbocycles. The fourth-order valence-electron chi connectivity index (χ4n) is 2.23. The summed E-state index contributed by atoms with van der Waals surface area (Å²) in [5.74, 6) is -0.783. The van der Waals surface area contributed by atoms with Gasteiger partial charge in [-0.1, -0.05) is 12.1 Å². The van der Waals surface area contributed by atoms with E-state index in [1.165, 1.54) is 12.1 Å². The van der Waals surface area contributed by atoms with Crippen LogP contribution >= 0.6 is 0 Å². The van der Waals surface area contributed by atoms with Crippen LogP contribution in [0.5, 0.6) is 5.75 Å². The molecule has 0 spiro atoms. The number of carboxylic acids is 1. The number of aromatic carboxylic acids is 1. The first-order chi connectivity index (χ1) is 10.8. The normalized spacial score (nSPS) is 10.3. The van der Waals surface area contributed by atoms with Gasteiger partial charge in [-0.05, 0) is 37.1 Å². The predicted octanol–water partition coefficient (Wildman–Crippen LogP) is 3.07. The summed E-state index contributed by atoms with van der Waals surface area (Å²) in [4.78, 5) is 21.7. The standard InChI is InChI=1S/C16H16N2O5/c1-9-4-3-5-12(16(19)20)13(9)8-23-11-6-10(2)15(17)14(7-11)18(21)22/h3-7H,8,17H2,1-2H3,(H,19,20). The lowest BCUT2D eigenvalue weighted by Gasteiger charge is -2.12. The Morgan fingerprint density at radius 2 is 2.00 bits per heavy atom. The summed E-state index contributed by atoms with van der Waals surface area (Å²) in [6.07, 6.45) is 0. The maximum atomic E-state index is 11.3. The monoisotopic (exact) mass is 316 g/mol. The molecule has 23 heavy (non-hydrogen) atoms. The van der Waals surface area contributed by atoms with Gasteiger partial charge in [-0.2, -0.15) is 0 Å². The van der Waals surface area contributed by atoms with Crippen LogP contribution in [0, 0.1) is 24.0 Å². The van der Waals surface area contributed by atoms with Gasteiger partial charge in [0.15, 0.2) is 0 Å². The van der Waals surface area contributed by atoms with Gasteiger partial charge in [0.2, 0.25) is 0 Å². The van der Waals surface area contributed by atoms with Crippen molar-refractivity contribution < 1.29 is 19.6 Å². The van der Waals surface area contributed by atoms with E-state index in [1.54, 1.807) is 32.0 Å². The average Bonchev–Trinajstić information content (AvgIpc) is 2.48. The van der Waals surface area contributed by atoms with Crippen LogP contribution in [0.3, 0.4) is 0 Å². The van der Waals surface area contributed by atoms with Gasteiger partial charge in [-0.3, -0.25) is 10.1 Å². The van der Waals surface area contributed by atoms with Crippen LogP contribution < -0.4 is 10.5 Å². The Kier molecular flexibility index (Phi) is 4.49. The minimum atomic E-state index is -1.05. The Labute approximate surface area is 132 Å². The smallest absolute Gasteiger partial charge is 0.336 e. The van der Waals surface area contributed by atoms with Crippen molar-refractivity contribution in [1.29, 1.82) is 0 Å². The van der Waals surface area contributed by atoms with E-state index >= 15 is 0 Å². The zero-order valence-corrected chi connectivity index (χ0v) is 12.7. The van der Waals surface area contributed by atoms with Gasteiger partial charge in [-0.15, -0.1) is 0 Å². The first-order valence-electron chi connectivity index (χ1n) is 6.80. The van der Waals surface area contributed by atoms with Gasteiger partial charge in [0.1, 0.15) is 18.0 Å². The minimum absolute atomic E-state index is 0.00514. The number of carbonyl (C=O) groups is 1. The molecule has 2 aromatic rings. The number of carboxylic acid groups (broad SMARTS) is 1. The van der Waals surface area contributed by atoms with Crippen molar-refractivity contribution in [2.24, 2.45) is 0 Å². The zero-order valence-electron chi connectivity index (χ0n) is 12.7. The Morgan fingerprint density at radius 3 is 2.61 bits per heavy atom. The number of nitrogens with two attached hydrogens (primary N) is 1. The number of rotatable bonds is 5. The third kappa shape index (κ3) is 3.39. The number of aryl methyl sites for hydroxylation is 2. The van der Waals surface area contributed by atoms with Gasteiger partial charge < -0.3 is 15.6 Å². The molecule has 0 saturated heterocycles. The number of anilines is 1. The highest BCUT2D eigenvalue weighted by molar-refractivity contribution is 5.89. The van der Waals surface area contributed by atoms with Crippen molar-refractivity contribution in [3.8, 4) is 5.75 Å². The van der Waals surface area contributed by atoms with Crippen LogP contribution in [0.2, 0.25) is 0 Å². The molecule has 0 aromatic heterocycles. The summed E-state index contributed by atoms with van der Waals surface area (Å²) in [5.41, 5.74) is 7.49. The summed E-state index contributed by atoms with van der Waals surface area (Å²) in [7, 11) is 0. The zero-order chi connectivity index (χ0) is 17.1. The Morgan fingerprint density at radius 1 is 1.30 bits per heavy atom. The Hall–Kier alpha value is -3.09. The molecular formula is C16H16N2O5. The lowest BCUT2D eigenvalue weighted by atomic mass is 10.0. The van der Waals surface area contributed by atoms with E-state index in [-0.39, 0.29) is 29.3 Å². The Balaban J connectivity index is 2.32. The van der Waals surface area contributed by atoms with E-state index in [1.807, 2.05) is 0 Å². The first-order valence-corrected chi connectivity index (χ1v) is 6.80. The molecule has 0 fully saturated rings. The number of nitrogen functional groups attached to an aromatic ring is 1. The largest absolute Gasteiger partial charge is 0.489 e. The van der Waals surface area contributed by atoms with Gasteiger partial charge >= 0.3 is 5.97 Å². The molecule has 0 radical (unpaired) electrons. The van der Waals surface area contributed by atoms with Crippen LogP contribution in [-0.4, -0.2) is 16.0 Å². The maximum absolute atomic E-state index is 11.3. The van der Waals surface area contributed by atoms with Crippen molar-refractivity contribution in [1.82, 2.24) is 0 Å². The lowest BCUT2D eigenvalue weighted by molar-refractivity contribution is -0.384. The molecule has 0 bridgehead atoms. The number of ether oxygens (including phenoxy) is 1. The van der Waals surface area contributed by atoms with Gasteiger partial charge in [0.05, 0.1) is 16.6 Å². The molecule has 0 aliphatic carbocycles. The third-order valence-corrected chi connectivity index (χ3v) is 3.56. The summed E-state index contributed by atoms with van der Waals surface area (Å²) in [6, 6.07) is 7.75. The molecule has 0 amide bonds. The number of nitro groups is 1. The summed E-state index contributed by atoms with van der Waals surface area (Å²) in [6.45, 7) is 3.42. The second-order valence-corrected chi connectivity index (χ2v) is 5.12. The third-order valence-electron chi connectivity index (χ3n) is 3.56. The quantitative estimate of drug-likeness (QED) is 0.497. The topological polar surface area (TPSA) is 116 Å². The highest BCUT2D eigenvalue weighted by Crippen LogP contribution is 2.31. The van der Waals surface area contributed by atoms with E-state index < -0.39 is 10.9 Å². The van der Waals surface area contributed by atoms with Crippen LogP contribution in [0.1, 0.15) is 27.0 Å². The molecule has 0 aliphatic heterocycles. The molecule has 3 N–H and O–H groups in total. The van der Waals surface area contributed by atoms with Gasteiger partial charge in [-0.25, -0.2) is 4.79 Å². The molecule has 7 nitrogen and oxygen atoms in total. The highest BCUT2D eigenvalue weighted by Gasteiger charge is 2.17. The fourth-order valence-corrected chi connectivity index (χ4v) is 2.23. The molecule has 2 rings (SSSR count). The van der Waals surface area contributed by atoms with Gasteiger partial charge in [0, 0.05) is 5.56 Å². The van der Waals surface area contributed by atoms with E-state index in [0.717, 1.165) is 5.56 Å². The highest BCUT2D eigenvalue weighted by atomic mass is 16.6. The maximum Gasteiger partial charge on any atom is 0.336 e. The number of nitrogens with zero attached hydrogens (tertiary/aromatic N) is 1. The fraction of sp³-hybridized carbons (Fsp3) is 0.188. The van der Waals surface area contributed by atoms with Gasteiger partial charge in [0.25, 0.3) is 5.69 Å².